The average Bonchev–Trinajstić information content (AvgIpc) is 3.14. The topological polar surface area (TPSA) is 35.5 Å². The van der Waals surface area contributed by atoms with Crippen molar-refractivity contribution in [2.75, 3.05) is 19.7 Å². The molecule has 0 aromatic heterocycles. The molecule has 2 fully saturated rings. The van der Waals surface area contributed by atoms with E-state index < -0.39 is 0 Å². The fraction of sp³-hybridized carbons (Fsp3) is 1.00. The van der Waals surface area contributed by atoms with Crippen LogP contribution >= 0.6 is 0 Å². The second-order valence-corrected chi connectivity index (χ2v) is 6.94. The molecule has 1 unspecified atom stereocenters. The summed E-state index contributed by atoms with van der Waals surface area (Å²) in [4.78, 5) is 2.67. The molecule has 1 atom stereocenters. The molecular formula is C15H30N2O. The summed E-state index contributed by atoms with van der Waals surface area (Å²) in [6.07, 6.45) is 6.70. The Hall–Kier alpha value is -0.120. The molecule has 0 bridgehead atoms. The minimum absolute atomic E-state index is 0.120. The van der Waals surface area contributed by atoms with Crippen molar-refractivity contribution >= 4 is 0 Å². The molecule has 3 nitrogen and oxygen atoms in total. The van der Waals surface area contributed by atoms with E-state index in [-0.39, 0.29) is 12.1 Å². The van der Waals surface area contributed by atoms with Crippen LogP contribution in [-0.4, -0.2) is 47.3 Å². The van der Waals surface area contributed by atoms with Gasteiger partial charge in [-0.05, 0) is 44.9 Å². The first kappa shape index (κ1) is 14.3. The molecule has 18 heavy (non-hydrogen) atoms. The monoisotopic (exact) mass is 254 g/mol. The highest BCUT2D eigenvalue weighted by Gasteiger charge is 2.35. The predicted molar refractivity (Wildman–Crippen MR) is 75.7 cm³/mol. The van der Waals surface area contributed by atoms with Gasteiger partial charge in [-0.25, -0.2) is 0 Å². The van der Waals surface area contributed by atoms with Gasteiger partial charge in [0.1, 0.15) is 0 Å². The molecule has 0 amide bonds. The molecule has 2 aliphatic carbocycles. The zero-order valence-corrected chi connectivity index (χ0v) is 12.3. The van der Waals surface area contributed by atoms with Crippen molar-refractivity contribution in [1.82, 2.24) is 10.2 Å². The molecule has 3 heteroatoms. The fourth-order valence-electron chi connectivity index (χ4n) is 2.78. The Kier molecular flexibility index (Phi) is 4.68. The second-order valence-electron chi connectivity index (χ2n) is 6.94. The van der Waals surface area contributed by atoms with Crippen molar-refractivity contribution in [3.8, 4) is 0 Å². The summed E-state index contributed by atoms with van der Waals surface area (Å²) in [5.41, 5.74) is -0.120. The first-order valence-corrected chi connectivity index (χ1v) is 7.65. The van der Waals surface area contributed by atoms with Crippen LogP contribution in [0.4, 0.5) is 0 Å². The first-order chi connectivity index (χ1) is 8.52. The van der Waals surface area contributed by atoms with Crippen LogP contribution in [0.15, 0.2) is 0 Å². The molecule has 0 aliphatic heterocycles. The molecule has 0 saturated heterocycles. The zero-order chi connectivity index (χ0) is 13.2. The van der Waals surface area contributed by atoms with Crippen LogP contribution in [0.1, 0.15) is 52.9 Å². The predicted octanol–water partition coefficient (Wildman–Crippen LogP) is 2.00. The summed E-state index contributed by atoms with van der Waals surface area (Å²) in [7, 11) is 0. The number of nitrogens with zero attached hydrogens (tertiary/aromatic N) is 1. The molecular weight excluding hydrogens is 224 g/mol. The minimum atomic E-state index is -0.120. The molecule has 0 spiro atoms. The summed E-state index contributed by atoms with van der Waals surface area (Å²) in [6, 6.07) is 1.28. The summed E-state index contributed by atoms with van der Waals surface area (Å²) >= 11 is 0. The molecule has 2 aliphatic rings. The Bertz CT molecular complexity index is 261. The number of rotatable bonds is 9. The number of aliphatic hydroxyl groups excluding tert-OH is 1. The molecule has 0 aromatic carbocycles. The Morgan fingerprint density at radius 3 is 2.39 bits per heavy atom. The SMILES string of the molecule is CC(C)NC(C)(CO)CCN(CC1CC1)C1CC1. The van der Waals surface area contributed by atoms with Crippen molar-refractivity contribution in [3.05, 3.63) is 0 Å². The van der Waals surface area contributed by atoms with Gasteiger partial charge < -0.3 is 15.3 Å². The summed E-state index contributed by atoms with van der Waals surface area (Å²) in [6.45, 7) is 9.11. The number of aliphatic hydroxyl groups is 1. The maximum Gasteiger partial charge on any atom is 0.0611 e. The first-order valence-electron chi connectivity index (χ1n) is 7.65. The van der Waals surface area contributed by atoms with E-state index in [1.807, 2.05) is 0 Å². The summed E-state index contributed by atoms with van der Waals surface area (Å²) in [5.74, 6) is 0.976. The van der Waals surface area contributed by atoms with Crippen LogP contribution in [0.2, 0.25) is 0 Å². The maximum atomic E-state index is 9.61. The van der Waals surface area contributed by atoms with Gasteiger partial charge in [0, 0.05) is 30.7 Å². The number of hydrogen-bond donors (Lipinski definition) is 2. The maximum absolute atomic E-state index is 9.61. The normalized spacial score (nSPS) is 23.7. The van der Waals surface area contributed by atoms with E-state index in [0.717, 1.165) is 24.9 Å². The lowest BCUT2D eigenvalue weighted by atomic mass is 9.97. The Balaban J connectivity index is 1.78. The minimum Gasteiger partial charge on any atom is -0.394 e. The molecule has 0 aromatic rings. The lowest BCUT2D eigenvalue weighted by Gasteiger charge is -2.34. The van der Waals surface area contributed by atoms with E-state index in [4.69, 9.17) is 0 Å². The highest BCUT2D eigenvalue weighted by Crippen LogP contribution is 2.35. The lowest BCUT2D eigenvalue weighted by molar-refractivity contribution is 0.134. The van der Waals surface area contributed by atoms with Gasteiger partial charge in [-0.15, -0.1) is 0 Å². The van der Waals surface area contributed by atoms with Crippen LogP contribution < -0.4 is 5.32 Å². The third-order valence-corrected chi connectivity index (χ3v) is 4.19. The van der Waals surface area contributed by atoms with Gasteiger partial charge in [0.25, 0.3) is 0 Å². The van der Waals surface area contributed by atoms with Gasteiger partial charge in [0.05, 0.1) is 6.61 Å². The lowest BCUT2D eigenvalue weighted by Crippen LogP contribution is -2.51. The number of hydrogen-bond acceptors (Lipinski definition) is 3. The molecule has 0 radical (unpaired) electrons. The zero-order valence-electron chi connectivity index (χ0n) is 12.3. The molecule has 2 saturated carbocycles. The largest absolute Gasteiger partial charge is 0.394 e. The van der Waals surface area contributed by atoms with Gasteiger partial charge >= 0.3 is 0 Å². The van der Waals surface area contributed by atoms with Crippen molar-refractivity contribution in [2.45, 2.75) is 70.5 Å². The Morgan fingerprint density at radius 2 is 1.94 bits per heavy atom. The summed E-state index contributed by atoms with van der Waals surface area (Å²) in [5, 5.41) is 13.1. The van der Waals surface area contributed by atoms with Crippen LogP contribution in [0.3, 0.4) is 0 Å². The highest BCUT2D eigenvalue weighted by molar-refractivity contribution is 4.91. The van der Waals surface area contributed by atoms with E-state index in [1.54, 1.807) is 0 Å². The smallest absolute Gasteiger partial charge is 0.0611 e. The average molecular weight is 254 g/mol. The van der Waals surface area contributed by atoms with Crippen LogP contribution in [-0.2, 0) is 0 Å². The van der Waals surface area contributed by atoms with E-state index in [0.29, 0.717) is 6.04 Å². The van der Waals surface area contributed by atoms with E-state index >= 15 is 0 Å². The van der Waals surface area contributed by atoms with Crippen LogP contribution in [0, 0.1) is 5.92 Å². The molecule has 106 valence electrons. The van der Waals surface area contributed by atoms with E-state index in [2.05, 4.69) is 31.0 Å². The van der Waals surface area contributed by atoms with Crippen molar-refractivity contribution in [1.29, 1.82) is 0 Å². The number of nitrogens with one attached hydrogen (secondary N) is 1. The summed E-state index contributed by atoms with van der Waals surface area (Å²) < 4.78 is 0. The van der Waals surface area contributed by atoms with Gasteiger partial charge in [-0.2, -0.15) is 0 Å². The highest BCUT2D eigenvalue weighted by atomic mass is 16.3. The standard InChI is InChI=1S/C15H30N2O/c1-12(2)16-15(3,11-18)8-9-17(14-6-7-14)10-13-4-5-13/h12-14,16,18H,4-11H2,1-3H3. The van der Waals surface area contributed by atoms with Gasteiger partial charge in [0.15, 0.2) is 0 Å². The van der Waals surface area contributed by atoms with E-state index in [9.17, 15) is 5.11 Å². The van der Waals surface area contributed by atoms with Crippen LogP contribution in [0.5, 0.6) is 0 Å². The Labute approximate surface area is 112 Å². The van der Waals surface area contributed by atoms with Crippen molar-refractivity contribution in [3.63, 3.8) is 0 Å². The molecule has 2 N–H and O–H groups in total. The van der Waals surface area contributed by atoms with Crippen LogP contribution in [0.25, 0.3) is 0 Å². The van der Waals surface area contributed by atoms with Crippen molar-refractivity contribution in [2.24, 2.45) is 5.92 Å². The quantitative estimate of drug-likeness (QED) is 0.660. The van der Waals surface area contributed by atoms with E-state index in [1.165, 1.54) is 32.2 Å². The van der Waals surface area contributed by atoms with Crippen molar-refractivity contribution < 1.29 is 5.11 Å². The molecule has 0 heterocycles. The van der Waals surface area contributed by atoms with Gasteiger partial charge in [0.2, 0.25) is 0 Å². The van der Waals surface area contributed by atoms with Gasteiger partial charge in [-0.1, -0.05) is 13.8 Å². The third kappa shape index (κ3) is 4.52. The fourth-order valence-corrected chi connectivity index (χ4v) is 2.78. The second kappa shape index (κ2) is 5.89. The van der Waals surface area contributed by atoms with Gasteiger partial charge in [-0.3, -0.25) is 0 Å². The third-order valence-electron chi connectivity index (χ3n) is 4.19. The molecule has 2 rings (SSSR count). The Morgan fingerprint density at radius 1 is 1.28 bits per heavy atom.